The molecule has 2 aliphatic rings. The Morgan fingerprint density at radius 3 is 2.88 bits per heavy atom. The maximum absolute atomic E-state index is 12.4. The maximum Gasteiger partial charge on any atom is 0.327 e. The first-order valence-electron chi connectivity index (χ1n) is 5.87. The van der Waals surface area contributed by atoms with Crippen LogP contribution in [0, 0.1) is 5.41 Å². The van der Waals surface area contributed by atoms with Crippen molar-refractivity contribution in [3.8, 4) is 0 Å². The normalized spacial score (nSPS) is 33.7. The Hall–Kier alpha value is -0.750. The Balaban J connectivity index is 2.10. The van der Waals surface area contributed by atoms with Crippen molar-refractivity contribution in [2.24, 2.45) is 5.41 Å². The van der Waals surface area contributed by atoms with Gasteiger partial charge in [-0.3, -0.25) is 4.79 Å². The number of carbonyl (C=O) groups excluding carboxylic acids is 1. The van der Waals surface area contributed by atoms with Crippen LogP contribution in [0.4, 0.5) is 0 Å². The fourth-order valence-corrected chi connectivity index (χ4v) is 3.58. The summed E-state index contributed by atoms with van der Waals surface area (Å²) < 4.78 is 0. The molecule has 6 heteroatoms. The predicted molar refractivity (Wildman–Crippen MR) is 65.8 cm³/mol. The van der Waals surface area contributed by atoms with Gasteiger partial charge in [0.1, 0.15) is 6.04 Å². The number of carbonyl (C=O) groups is 2. The van der Waals surface area contributed by atoms with Gasteiger partial charge in [0, 0.05) is 12.3 Å². The van der Waals surface area contributed by atoms with E-state index in [9.17, 15) is 9.59 Å². The molecular weight excluding hydrogens is 240 g/mol. The smallest absolute Gasteiger partial charge is 0.327 e. The van der Waals surface area contributed by atoms with Gasteiger partial charge in [-0.25, -0.2) is 4.79 Å². The molecule has 0 spiro atoms. The van der Waals surface area contributed by atoms with E-state index in [2.05, 4.69) is 5.32 Å². The van der Waals surface area contributed by atoms with Crippen molar-refractivity contribution in [2.75, 3.05) is 24.7 Å². The molecule has 2 N–H and O–H groups in total. The van der Waals surface area contributed by atoms with Crippen LogP contribution in [0.25, 0.3) is 0 Å². The van der Waals surface area contributed by atoms with E-state index in [1.807, 2.05) is 6.92 Å². The molecule has 0 aromatic heterocycles. The maximum atomic E-state index is 12.4. The molecule has 2 fully saturated rings. The predicted octanol–water partition coefficient (Wildman–Crippen LogP) is 0.362. The van der Waals surface area contributed by atoms with Crippen molar-refractivity contribution in [1.82, 2.24) is 10.2 Å². The van der Waals surface area contributed by atoms with Gasteiger partial charge in [-0.15, -0.1) is 11.8 Å². The number of thioether (sulfide) groups is 1. The van der Waals surface area contributed by atoms with Crippen LogP contribution < -0.4 is 5.32 Å². The van der Waals surface area contributed by atoms with E-state index < -0.39 is 17.4 Å². The van der Waals surface area contributed by atoms with Crippen LogP contribution in [-0.2, 0) is 9.59 Å². The van der Waals surface area contributed by atoms with Gasteiger partial charge in [-0.05, 0) is 26.3 Å². The van der Waals surface area contributed by atoms with Crippen molar-refractivity contribution in [3.05, 3.63) is 0 Å². The fraction of sp³-hybridized carbons (Fsp3) is 0.818. The summed E-state index contributed by atoms with van der Waals surface area (Å²) in [4.78, 5) is 25.1. The number of nitrogens with one attached hydrogen (secondary N) is 1. The average Bonchev–Trinajstić information content (AvgIpc) is 2.77. The molecule has 2 saturated heterocycles. The number of piperidine rings is 1. The van der Waals surface area contributed by atoms with Gasteiger partial charge in [0.15, 0.2) is 0 Å². The molecule has 0 radical (unpaired) electrons. The van der Waals surface area contributed by atoms with Gasteiger partial charge in [0.25, 0.3) is 0 Å². The van der Waals surface area contributed by atoms with Crippen molar-refractivity contribution < 1.29 is 14.7 Å². The van der Waals surface area contributed by atoms with Gasteiger partial charge in [-0.1, -0.05) is 0 Å². The molecule has 2 atom stereocenters. The molecule has 2 rings (SSSR count). The van der Waals surface area contributed by atoms with E-state index in [4.69, 9.17) is 5.11 Å². The Morgan fingerprint density at radius 1 is 1.53 bits per heavy atom. The lowest BCUT2D eigenvalue weighted by Crippen LogP contribution is -2.53. The molecule has 2 unspecified atom stereocenters. The Kier molecular flexibility index (Phi) is 3.63. The lowest BCUT2D eigenvalue weighted by molar-refractivity contribution is -0.152. The van der Waals surface area contributed by atoms with Gasteiger partial charge >= 0.3 is 5.97 Å². The van der Waals surface area contributed by atoms with Gasteiger partial charge < -0.3 is 15.3 Å². The molecule has 5 nitrogen and oxygen atoms in total. The van der Waals surface area contributed by atoms with E-state index in [0.717, 1.165) is 19.4 Å². The molecule has 0 bridgehead atoms. The molecular formula is C11H18N2O3S. The summed E-state index contributed by atoms with van der Waals surface area (Å²) in [6.07, 6.45) is 1.81. The van der Waals surface area contributed by atoms with Crippen molar-refractivity contribution in [2.45, 2.75) is 25.8 Å². The minimum atomic E-state index is -0.893. The first-order chi connectivity index (χ1) is 8.04. The van der Waals surface area contributed by atoms with Crippen LogP contribution in [0.5, 0.6) is 0 Å². The van der Waals surface area contributed by atoms with Crippen molar-refractivity contribution >= 4 is 23.6 Å². The third kappa shape index (κ3) is 2.42. The van der Waals surface area contributed by atoms with Gasteiger partial charge in [-0.2, -0.15) is 0 Å². The highest BCUT2D eigenvalue weighted by Gasteiger charge is 2.43. The zero-order valence-corrected chi connectivity index (χ0v) is 10.8. The lowest BCUT2D eigenvalue weighted by atomic mass is 9.81. The number of hydrogen-bond donors (Lipinski definition) is 2. The van der Waals surface area contributed by atoms with E-state index >= 15 is 0 Å². The molecule has 1 amide bonds. The van der Waals surface area contributed by atoms with Crippen LogP contribution >= 0.6 is 11.8 Å². The Labute approximate surface area is 105 Å². The van der Waals surface area contributed by atoms with E-state index in [0.29, 0.717) is 18.2 Å². The second kappa shape index (κ2) is 4.86. The van der Waals surface area contributed by atoms with Crippen LogP contribution in [0.1, 0.15) is 19.8 Å². The summed E-state index contributed by atoms with van der Waals surface area (Å²) in [5.41, 5.74) is -0.434. The quantitative estimate of drug-likeness (QED) is 0.748. The summed E-state index contributed by atoms with van der Waals surface area (Å²) in [5, 5.41) is 12.3. The largest absolute Gasteiger partial charge is 0.480 e. The summed E-state index contributed by atoms with van der Waals surface area (Å²) >= 11 is 1.51. The van der Waals surface area contributed by atoms with Crippen LogP contribution in [0.3, 0.4) is 0 Å². The van der Waals surface area contributed by atoms with Crippen molar-refractivity contribution in [1.29, 1.82) is 0 Å². The molecule has 17 heavy (non-hydrogen) atoms. The highest BCUT2D eigenvalue weighted by atomic mass is 32.2. The van der Waals surface area contributed by atoms with Gasteiger partial charge in [0.2, 0.25) is 5.91 Å². The average molecular weight is 258 g/mol. The number of aliphatic carboxylic acids is 1. The van der Waals surface area contributed by atoms with Gasteiger partial charge in [0.05, 0.1) is 11.3 Å². The molecule has 0 aliphatic carbocycles. The number of carboxylic acid groups (broad SMARTS) is 1. The number of hydrogen-bond acceptors (Lipinski definition) is 4. The number of nitrogens with zero attached hydrogens (tertiary/aromatic N) is 1. The fourth-order valence-electron chi connectivity index (χ4n) is 2.43. The zero-order chi connectivity index (χ0) is 12.5. The van der Waals surface area contributed by atoms with Crippen molar-refractivity contribution in [3.63, 3.8) is 0 Å². The van der Waals surface area contributed by atoms with E-state index in [-0.39, 0.29) is 5.91 Å². The molecule has 2 heterocycles. The standard InChI is InChI=1S/C11H18N2O3S/c1-11(3-2-4-12-6-11)10(16)13-7-17-5-8(13)9(14)15/h8,12H,2-7H2,1H3,(H,14,15). The van der Waals surface area contributed by atoms with Crippen LogP contribution in [0.2, 0.25) is 0 Å². The highest BCUT2D eigenvalue weighted by Crippen LogP contribution is 2.32. The minimum Gasteiger partial charge on any atom is -0.480 e. The minimum absolute atomic E-state index is 0.0119. The summed E-state index contributed by atoms with van der Waals surface area (Å²) in [7, 11) is 0. The number of amides is 1. The Morgan fingerprint density at radius 2 is 2.29 bits per heavy atom. The first-order valence-corrected chi connectivity index (χ1v) is 7.02. The second-order valence-corrected chi connectivity index (χ2v) is 5.97. The number of rotatable bonds is 2. The highest BCUT2D eigenvalue weighted by molar-refractivity contribution is 7.99. The molecule has 96 valence electrons. The van der Waals surface area contributed by atoms with Crippen LogP contribution in [-0.4, -0.2) is 52.6 Å². The summed E-state index contributed by atoms with van der Waals surface area (Å²) in [6.45, 7) is 3.53. The van der Waals surface area contributed by atoms with E-state index in [1.165, 1.54) is 16.7 Å². The third-order valence-corrected chi connectivity index (χ3v) is 4.55. The molecule has 0 aromatic rings. The summed E-state index contributed by atoms with van der Waals surface area (Å²) in [6, 6.07) is -0.647. The van der Waals surface area contributed by atoms with Crippen LogP contribution in [0.15, 0.2) is 0 Å². The molecule has 2 aliphatic heterocycles. The second-order valence-electron chi connectivity index (χ2n) is 4.97. The SMILES string of the molecule is CC1(C(=O)N2CSCC2C(=O)O)CCCNC1. The lowest BCUT2D eigenvalue weighted by Gasteiger charge is -2.36. The van der Waals surface area contributed by atoms with E-state index in [1.54, 1.807) is 0 Å². The topological polar surface area (TPSA) is 69.6 Å². The summed E-state index contributed by atoms with van der Waals surface area (Å²) in [5.74, 6) is 0.105. The monoisotopic (exact) mass is 258 g/mol. The third-order valence-electron chi connectivity index (χ3n) is 3.54. The number of carboxylic acids is 1. The Bertz CT molecular complexity index is 329. The molecule has 0 saturated carbocycles. The molecule has 0 aromatic carbocycles. The zero-order valence-electron chi connectivity index (χ0n) is 9.94. The first kappa shape index (κ1) is 12.7.